The fraction of sp³-hybridized carbons (Fsp3) is 0.238. The summed E-state index contributed by atoms with van der Waals surface area (Å²) in [5.74, 6) is 0.593. The number of benzene rings is 1. The van der Waals surface area contributed by atoms with Crippen LogP contribution in [0, 0.1) is 0 Å². The molecule has 6 nitrogen and oxygen atoms in total. The normalized spacial score (nSPS) is 11.1. The van der Waals surface area contributed by atoms with E-state index in [1.165, 1.54) is 0 Å². The van der Waals surface area contributed by atoms with E-state index in [1.54, 1.807) is 11.3 Å². The van der Waals surface area contributed by atoms with Gasteiger partial charge in [0.25, 0.3) is 5.78 Å². The molecule has 0 saturated heterocycles. The standard InChI is InChI=1S/C21H21N5OS/c1-3-17-19(4-2)26-13-18(23-21(26)25-24-17)14-7-9-15(10-8-14)22-20(27)12-16-6-5-11-28-16/h5-11,13H,3-4,12H2,1-2H3,(H,22,27). The monoisotopic (exact) mass is 391 g/mol. The number of carbonyl (C=O) groups is 1. The topological polar surface area (TPSA) is 72.2 Å². The van der Waals surface area contributed by atoms with Crippen LogP contribution in [0.1, 0.15) is 30.1 Å². The maximum absolute atomic E-state index is 12.1. The van der Waals surface area contributed by atoms with Gasteiger partial charge in [-0.2, -0.15) is 5.10 Å². The van der Waals surface area contributed by atoms with Gasteiger partial charge < -0.3 is 5.32 Å². The number of nitrogens with zero attached hydrogens (tertiary/aromatic N) is 4. The SMILES string of the molecule is CCc1nnc2nc(-c3ccc(NC(=O)Cc4cccs4)cc3)cn2c1CC. The number of fused-ring (bicyclic) bond motifs is 1. The van der Waals surface area contributed by atoms with E-state index < -0.39 is 0 Å². The number of aromatic nitrogens is 4. The van der Waals surface area contributed by atoms with Crippen LogP contribution in [0.2, 0.25) is 0 Å². The Kier molecular flexibility index (Phi) is 5.16. The molecule has 0 bridgehead atoms. The van der Waals surface area contributed by atoms with Crippen LogP contribution in [0.4, 0.5) is 5.69 Å². The quantitative estimate of drug-likeness (QED) is 0.536. The third kappa shape index (κ3) is 3.66. The summed E-state index contributed by atoms with van der Waals surface area (Å²) in [5.41, 5.74) is 4.73. The molecule has 0 aliphatic carbocycles. The second kappa shape index (κ2) is 7.90. The number of amides is 1. The number of nitrogens with one attached hydrogen (secondary N) is 1. The highest BCUT2D eigenvalue weighted by molar-refractivity contribution is 7.10. The molecule has 3 aromatic heterocycles. The molecule has 0 radical (unpaired) electrons. The summed E-state index contributed by atoms with van der Waals surface area (Å²) >= 11 is 1.59. The van der Waals surface area contributed by atoms with Crippen molar-refractivity contribution in [2.45, 2.75) is 33.1 Å². The number of hydrogen-bond donors (Lipinski definition) is 1. The molecule has 4 rings (SSSR count). The molecule has 28 heavy (non-hydrogen) atoms. The minimum Gasteiger partial charge on any atom is -0.326 e. The Labute approximate surface area is 167 Å². The second-order valence-electron chi connectivity index (χ2n) is 6.48. The van der Waals surface area contributed by atoms with Crippen LogP contribution in [0.25, 0.3) is 17.0 Å². The molecule has 0 unspecified atom stereocenters. The van der Waals surface area contributed by atoms with Crippen molar-refractivity contribution in [3.63, 3.8) is 0 Å². The average molecular weight is 392 g/mol. The fourth-order valence-electron chi connectivity index (χ4n) is 3.23. The molecule has 0 aliphatic rings. The summed E-state index contributed by atoms with van der Waals surface area (Å²) in [5, 5.41) is 13.5. The Morgan fingerprint density at radius 2 is 1.93 bits per heavy atom. The molecule has 3 heterocycles. The highest BCUT2D eigenvalue weighted by atomic mass is 32.1. The van der Waals surface area contributed by atoms with E-state index in [9.17, 15) is 4.79 Å². The van der Waals surface area contributed by atoms with Crippen molar-refractivity contribution >= 4 is 28.7 Å². The van der Waals surface area contributed by atoms with Crippen LogP contribution in [0.5, 0.6) is 0 Å². The largest absolute Gasteiger partial charge is 0.326 e. The maximum atomic E-state index is 12.1. The Balaban J connectivity index is 1.54. The van der Waals surface area contributed by atoms with Gasteiger partial charge in [-0.15, -0.1) is 16.4 Å². The fourth-order valence-corrected chi connectivity index (χ4v) is 3.93. The zero-order chi connectivity index (χ0) is 19.5. The zero-order valence-corrected chi connectivity index (χ0v) is 16.7. The molecule has 1 aromatic carbocycles. The second-order valence-corrected chi connectivity index (χ2v) is 7.51. The van der Waals surface area contributed by atoms with Crippen LogP contribution >= 0.6 is 11.3 Å². The first-order valence-corrected chi connectivity index (χ1v) is 10.2. The van der Waals surface area contributed by atoms with Crippen LogP contribution in [0.3, 0.4) is 0 Å². The summed E-state index contributed by atoms with van der Waals surface area (Å²) < 4.78 is 2.03. The van der Waals surface area contributed by atoms with Crippen molar-refractivity contribution in [1.82, 2.24) is 19.6 Å². The van der Waals surface area contributed by atoms with E-state index in [4.69, 9.17) is 0 Å². The predicted octanol–water partition coefficient (Wildman–Crippen LogP) is 4.16. The van der Waals surface area contributed by atoms with E-state index in [2.05, 4.69) is 34.3 Å². The number of hydrogen-bond acceptors (Lipinski definition) is 5. The molecular weight excluding hydrogens is 370 g/mol. The smallest absolute Gasteiger partial charge is 0.254 e. The van der Waals surface area contributed by atoms with E-state index in [0.717, 1.165) is 46.1 Å². The van der Waals surface area contributed by atoms with E-state index in [0.29, 0.717) is 12.2 Å². The van der Waals surface area contributed by atoms with Gasteiger partial charge in [-0.1, -0.05) is 32.0 Å². The number of anilines is 1. The van der Waals surface area contributed by atoms with E-state index in [-0.39, 0.29) is 5.91 Å². The Hall–Kier alpha value is -3.06. The summed E-state index contributed by atoms with van der Waals surface area (Å²) in [6.07, 6.45) is 4.12. The average Bonchev–Trinajstić information content (AvgIpc) is 3.37. The van der Waals surface area contributed by atoms with Crippen molar-refractivity contribution in [3.8, 4) is 11.3 Å². The van der Waals surface area contributed by atoms with Gasteiger partial charge in [-0.05, 0) is 36.4 Å². The van der Waals surface area contributed by atoms with Gasteiger partial charge in [0.2, 0.25) is 5.91 Å². The number of carbonyl (C=O) groups excluding carboxylic acids is 1. The van der Waals surface area contributed by atoms with E-state index in [1.807, 2.05) is 52.4 Å². The van der Waals surface area contributed by atoms with Crippen LogP contribution in [-0.2, 0) is 24.1 Å². The van der Waals surface area contributed by atoms with E-state index >= 15 is 0 Å². The van der Waals surface area contributed by atoms with Crippen molar-refractivity contribution in [2.75, 3.05) is 5.32 Å². The molecule has 0 fully saturated rings. The summed E-state index contributed by atoms with van der Waals surface area (Å²) in [6, 6.07) is 11.6. The highest BCUT2D eigenvalue weighted by Crippen LogP contribution is 2.22. The first-order valence-electron chi connectivity index (χ1n) is 9.34. The molecule has 0 aliphatic heterocycles. The van der Waals surface area contributed by atoms with Crippen molar-refractivity contribution in [2.24, 2.45) is 0 Å². The predicted molar refractivity (Wildman–Crippen MR) is 112 cm³/mol. The van der Waals surface area contributed by atoms with Gasteiger partial charge in [-0.3, -0.25) is 9.20 Å². The van der Waals surface area contributed by atoms with Crippen LogP contribution in [0.15, 0.2) is 48.0 Å². The highest BCUT2D eigenvalue weighted by Gasteiger charge is 2.12. The molecule has 142 valence electrons. The summed E-state index contributed by atoms with van der Waals surface area (Å²) in [6.45, 7) is 4.20. The van der Waals surface area contributed by atoms with Gasteiger partial charge in [0.1, 0.15) is 0 Å². The van der Waals surface area contributed by atoms with Gasteiger partial charge in [0.15, 0.2) is 0 Å². The first-order chi connectivity index (χ1) is 13.7. The lowest BCUT2D eigenvalue weighted by Crippen LogP contribution is -2.13. The van der Waals surface area contributed by atoms with Gasteiger partial charge in [0.05, 0.1) is 17.8 Å². The molecule has 4 aromatic rings. The third-order valence-corrected chi connectivity index (χ3v) is 5.50. The molecule has 1 N–H and O–H groups in total. The molecule has 7 heteroatoms. The first kappa shape index (κ1) is 18.3. The van der Waals surface area contributed by atoms with Gasteiger partial charge in [-0.25, -0.2) is 4.98 Å². The Morgan fingerprint density at radius 1 is 1.11 bits per heavy atom. The minimum absolute atomic E-state index is 0.0158. The third-order valence-electron chi connectivity index (χ3n) is 4.62. The molecule has 1 amide bonds. The number of thiophene rings is 1. The summed E-state index contributed by atoms with van der Waals surface area (Å²) in [7, 11) is 0. The molecule has 0 atom stereocenters. The Bertz CT molecular complexity index is 1100. The molecule has 0 saturated carbocycles. The van der Waals surface area contributed by atoms with Crippen molar-refractivity contribution < 1.29 is 4.79 Å². The minimum atomic E-state index is -0.0158. The summed E-state index contributed by atoms with van der Waals surface area (Å²) in [4.78, 5) is 17.8. The lowest BCUT2D eigenvalue weighted by atomic mass is 10.1. The van der Waals surface area contributed by atoms with Gasteiger partial charge >= 0.3 is 0 Å². The van der Waals surface area contributed by atoms with Crippen LogP contribution in [-0.4, -0.2) is 25.5 Å². The maximum Gasteiger partial charge on any atom is 0.254 e. The number of rotatable bonds is 6. The van der Waals surface area contributed by atoms with Crippen molar-refractivity contribution in [3.05, 3.63) is 64.2 Å². The molecular formula is C21H21N5OS. The van der Waals surface area contributed by atoms with Gasteiger partial charge in [0, 0.05) is 28.0 Å². The number of aryl methyl sites for hydroxylation is 2. The van der Waals surface area contributed by atoms with Crippen molar-refractivity contribution in [1.29, 1.82) is 0 Å². The number of imidazole rings is 1. The Morgan fingerprint density at radius 3 is 2.61 bits per heavy atom. The lowest BCUT2D eigenvalue weighted by molar-refractivity contribution is -0.115. The molecule has 0 spiro atoms. The lowest BCUT2D eigenvalue weighted by Gasteiger charge is -2.06. The zero-order valence-electron chi connectivity index (χ0n) is 15.8. The van der Waals surface area contributed by atoms with Crippen LogP contribution < -0.4 is 5.32 Å².